The Morgan fingerprint density at radius 1 is 0.517 bits per heavy atom. The minimum atomic E-state index is -3.94. The van der Waals surface area contributed by atoms with Crippen LogP contribution < -0.4 is 5.14 Å². The topological polar surface area (TPSA) is 60.2 Å². The predicted molar refractivity (Wildman–Crippen MR) is 116 cm³/mol. The third-order valence-electron chi connectivity index (χ3n) is 5.22. The second kappa shape index (κ2) is 7.66. The summed E-state index contributed by atoms with van der Waals surface area (Å²) in [5, 5.41) is 5.66. The zero-order valence-electron chi connectivity index (χ0n) is 15.8. The van der Waals surface area contributed by atoms with Gasteiger partial charge in [0, 0.05) is 0 Å². The molecule has 0 aliphatic rings. The molecule has 0 heterocycles. The van der Waals surface area contributed by atoms with E-state index in [-0.39, 0.29) is 4.90 Å². The highest BCUT2D eigenvalue weighted by Gasteiger charge is 2.41. The molecular weight excluding hydrogens is 378 g/mol. The van der Waals surface area contributed by atoms with E-state index in [2.05, 4.69) is 0 Å². The lowest BCUT2D eigenvalue weighted by Gasteiger charge is -2.37. The second-order valence-electron chi connectivity index (χ2n) is 6.89. The molecule has 3 nitrogen and oxygen atoms in total. The average molecular weight is 400 g/mol. The Hall–Kier alpha value is -3.21. The van der Waals surface area contributed by atoms with Gasteiger partial charge < -0.3 is 0 Å². The number of rotatable bonds is 5. The molecule has 0 unspecified atom stereocenters. The summed E-state index contributed by atoms with van der Waals surface area (Å²) in [7, 11) is -3.94. The van der Waals surface area contributed by atoms with Gasteiger partial charge in [-0.25, -0.2) is 13.6 Å². The molecule has 0 amide bonds. The van der Waals surface area contributed by atoms with Crippen LogP contribution in [0.25, 0.3) is 0 Å². The summed E-state index contributed by atoms with van der Waals surface area (Å²) >= 11 is 0. The fourth-order valence-corrected chi connectivity index (χ4v) is 4.85. The molecule has 4 aromatic rings. The monoisotopic (exact) mass is 399 g/mol. The number of benzene rings is 4. The van der Waals surface area contributed by atoms with Gasteiger partial charge in [-0.3, -0.25) is 0 Å². The van der Waals surface area contributed by atoms with Crippen molar-refractivity contribution in [1.82, 2.24) is 0 Å². The maximum absolute atomic E-state index is 12.6. The highest BCUT2D eigenvalue weighted by molar-refractivity contribution is 7.89. The molecule has 0 aromatic heterocycles. The summed E-state index contributed by atoms with van der Waals surface area (Å²) in [5.41, 5.74) is 2.69. The van der Waals surface area contributed by atoms with Crippen molar-refractivity contribution in [2.24, 2.45) is 5.14 Å². The van der Waals surface area contributed by atoms with Crippen molar-refractivity contribution in [2.75, 3.05) is 0 Å². The van der Waals surface area contributed by atoms with E-state index in [1.165, 1.54) is 0 Å². The normalized spacial score (nSPS) is 11.9. The van der Waals surface area contributed by atoms with Gasteiger partial charge in [-0.1, -0.05) is 109 Å². The highest BCUT2D eigenvalue weighted by atomic mass is 32.2. The first kappa shape index (κ1) is 19.1. The number of nitrogens with two attached hydrogens (primary N) is 1. The SMILES string of the molecule is NS(=O)(=O)c1ccccc1C(c1ccccc1)(c1ccccc1)c1ccccc1. The van der Waals surface area contributed by atoms with Crippen LogP contribution >= 0.6 is 0 Å². The van der Waals surface area contributed by atoms with Gasteiger partial charge in [-0.15, -0.1) is 0 Å². The average Bonchev–Trinajstić information content (AvgIpc) is 2.76. The summed E-state index contributed by atoms with van der Waals surface area (Å²) in [6.45, 7) is 0. The van der Waals surface area contributed by atoms with E-state index >= 15 is 0 Å². The smallest absolute Gasteiger partial charge is 0.225 e. The van der Waals surface area contributed by atoms with Crippen molar-refractivity contribution in [2.45, 2.75) is 10.3 Å². The van der Waals surface area contributed by atoms with E-state index in [0.29, 0.717) is 5.56 Å². The van der Waals surface area contributed by atoms with Crippen LogP contribution in [0.3, 0.4) is 0 Å². The summed E-state index contributed by atoms with van der Waals surface area (Å²) in [4.78, 5) is 0.122. The van der Waals surface area contributed by atoms with Crippen molar-refractivity contribution in [3.8, 4) is 0 Å². The standard InChI is InChI=1S/C25H21NO2S/c26-29(27,28)24-19-11-10-18-23(24)25(20-12-4-1-5-13-20,21-14-6-2-7-15-21)22-16-8-3-9-17-22/h1-19H,(H2,26,27,28). The number of sulfonamides is 1. The molecule has 29 heavy (non-hydrogen) atoms. The quantitative estimate of drug-likeness (QED) is 0.494. The van der Waals surface area contributed by atoms with Crippen molar-refractivity contribution in [3.05, 3.63) is 138 Å². The Bertz CT molecular complexity index is 1110. The van der Waals surface area contributed by atoms with Crippen molar-refractivity contribution >= 4 is 10.0 Å². The molecule has 0 radical (unpaired) electrons. The molecule has 0 aliphatic heterocycles. The Morgan fingerprint density at radius 3 is 1.24 bits per heavy atom. The lowest BCUT2D eigenvalue weighted by Crippen LogP contribution is -2.33. The van der Waals surface area contributed by atoms with Gasteiger partial charge in [0.05, 0.1) is 10.3 Å². The molecule has 144 valence electrons. The summed E-state index contributed by atoms with van der Waals surface area (Å²) < 4.78 is 25.1. The summed E-state index contributed by atoms with van der Waals surface area (Å²) in [5.74, 6) is 0. The van der Waals surface area contributed by atoms with Gasteiger partial charge in [0.2, 0.25) is 10.0 Å². The third-order valence-corrected chi connectivity index (χ3v) is 6.19. The zero-order valence-corrected chi connectivity index (χ0v) is 16.6. The van der Waals surface area contributed by atoms with Crippen molar-refractivity contribution < 1.29 is 8.42 Å². The molecule has 0 fully saturated rings. The molecule has 0 atom stereocenters. The summed E-state index contributed by atoms with van der Waals surface area (Å²) in [6, 6.07) is 36.8. The van der Waals surface area contributed by atoms with Crippen LogP contribution in [0.1, 0.15) is 22.3 Å². The third kappa shape index (κ3) is 3.37. The van der Waals surface area contributed by atoms with E-state index in [4.69, 9.17) is 5.14 Å². The summed E-state index contributed by atoms with van der Waals surface area (Å²) in [6.07, 6.45) is 0. The molecular formula is C25H21NO2S. The lowest BCUT2D eigenvalue weighted by atomic mass is 9.65. The van der Waals surface area contributed by atoms with Gasteiger partial charge in [0.25, 0.3) is 0 Å². The molecule has 0 bridgehead atoms. The van der Waals surface area contributed by atoms with Crippen LogP contribution in [0.4, 0.5) is 0 Å². The van der Waals surface area contributed by atoms with Gasteiger partial charge >= 0.3 is 0 Å². The number of hydrogen-bond acceptors (Lipinski definition) is 2. The van der Waals surface area contributed by atoms with E-state index in [1.807, 2.05) is 103 Å². The molecule has 0 spiro atoms. The first-order valence-corrected chi connectivity index (χ1v) is 10.9. The molecule has 4 heteroatoms. The van der Waals surface area contributed by atoms with E-state index in [0.717, 1.165) is 16.7 Å². The van der Waals surface area contributed by atoms with Crippen molar-refractivity contribution in [1.29, 1.82) is 0 Å². The molecule has 0 saturated carbocycles. The van der Waals surface area contributed by atoms with Crippen LogP contribution in [-0.2, 0) is 15.4 Å². The number of hydrogen-bond donors (Lipinski definition) is 1. The molecule has 0 saturated heterocycles. The van der Waals surface area contributed by atoms with Crippen LogP contribution in [0, 0.1) is 0 Å². The van der Waals surface area contributed by atoms with Crippen LogP contribution in [0.5, 0.6) is 0 Å². The molecule has 4 rings (SSSR count). The predicted octanol–water partition coefficient (Wildman–Crippen LogP) is 4.72. The van der Waals surface area contributed by atoms with E-state index in [1.54, 1.807) is 12.1 Å². The molecule has 0 aliphatic carbocycles. The first-order chi connectivity index (χ1) is 14.0. The maximum atomic E-state index is 12.6. The minimum Gasteiger partial charge on any atom is -0.225 e. The van der Waals surface area contributed by atoms with Gasteiger partial charge in [-0.05, 0) is 28.3 Å². The fraction of sp³-hybridized carbons (Fsp3) is 0.0400. The highest BCUT2D eigenvalue weighted by Crippen LogP contribution is 2.46. The van der Waals surface area contributed by atoms with Gasteiger partial charge in [-0.2, -0.15) is 0 Å². The van der Waals surface area contributed by atoms with Crippen LogP contribution in [0.15, 0.2) is 120 Å². The maximum Gasteiger partial charge on any atom is 0.238 e. The Balaban J connectivity index is 2.23. The largest absolute Gasteiger partial charge is 0.238 e. The Labute approximate surface area is 171 Å². The van der Waals surface area contributed by atoms with E-state index in [9.17, 15) is 8.42 Å². The van der Waals surface area contributed by atoms with Crippen LogP contribution in [-0.4, -0.2) is 8.42 Å². The van der Waals surface area contributed by atoms with Gasteiger partial charge in [0.15, 0.2) is 0 Å². The van der Waals surface area contributed by atoms with E-state index < -0.39 is 15.4 Å². The fourth-order valence-electron chi connectivity index (χ4n) is 4.06. The minimum absolute atomic E-state index is 0.122. The lowest BCUT2D eigenvalue weighted by molar-refractivity contribution is 0.593. The van der Waals surface area contributed by atoms with Gasteiger partial charge in [0.1, 0.15) is 0 Å². The molecule has 2 N–H and O–H groups in total. The molecule has 4 aromatic carbocycles. The Morgan fingerprint density at radius 2 is 0.862 bits per heavy atom. The first-order valence-electron chi connectivity index (χ1n) is 9.33. The Kier molecular flexibility index (Phi) is 5.05. The van der Waals surface area contributed by atoms with Crippen LogP contribution in [0.2, 0.25) is 0 Å². The second-order valence-corrected chi connectivity index (χ2v) is 8.42. The number of primary sulfonamides is 1. The zero-order chi connectivity index (χ0) is 20.3. The van der Waals surface area contributed by atoms with Crippen molar-refractivity contribution in [3.63, 3.8) is 0 Å².